The van der Waals surface area contributed by atoms with Crippen LogP contribution in [-0.2, 0) is 0 Å². The van der Waals surface area contributed by atoms with Gasteiger partial charge in [0.25, 0.3) is 0 Å². The first-order chi connectivity index (χ1) is 7.27. The zero-order chi connectivity index (χ0) is 11.1. The van der Waals surface area contributed by atoms with E-state index in [9.17, 15) is 0 Å². The van der Waals surface area contributed by atoms with E-state index in [4.69, 9.17) is 5.73 Å². The van der Waals surface area contributed by atoms with Crippen molar-refractivity contribution in [1.29, 1.82) is 0 Å². The minimum Gasteiger partial charge on any atom is -0.330 e. The van der Waals surface area contributed by atoms with Crippen LogP contribution in [0.5, 0.6) is 0 Å². The van der Waals surface area contributed by atoms with E-state index in [1.807, 2.05) is 0 Å². The van der Waals surface area contributed by atoms with Crippen LogP contribution in [0.25, 0.3) is 0 Å². The summed E-state index contributed by atoms with van der Waals surface area (Å²) in [5, 5.41) is 0. The van der Waals surface area contributed by atoms with E-state index >= 15 is 0 Å². The monoisotopic (exact) mass is 205 g/mol. The van der Waals surface area contributed by atoms with Gasteiger partial charge in [0.1, 0.15) is 0 Å². The second kappa shape index (κ2) is 6.62. The molecule has 0 aliphatic rings. The van der Waals surface area contributed by atoms with Crippen molar-refractivity contribution < 1.29 is 0 Å². The summed E-state index contributed by atoms with van der Waals surface area (Å²) in [6.45, 7) is 5.13. The Morgan fingerprint density at radius 1 is 1.13 bits per heavy atom. The SMILES string of the molecule is CCCCCC(CN)c1ccc(C)cc1. The molecule has 15 heavy (non-hydrogen) atoms. The molecule has 0 amide bonds. The van der Waals surface area contributed by atoms with Crippen molar-refractivity contribution in [2.24, 2.45) is 5.73 Å². The van der Waals surface area contributed by atoms with E-state index in [2.05, 4.69) is 38.1 Å². The van der Waals surface area contributed by atoms with Gasteiger partial charge in [0.2, 0.25) is 0 Å². The molecule has 0 aliphatic heterocycles. The van der Waals surface area contributed by atoms with E-state index in [1.54, 1.807) is 0 Å². The van der Waals surface area contributed by atoms with Crippen LogP contribution in [0.4, 0.5) is 0 Å². The van der Waals surface area contributed by atoms with Crippen LogP contribution in [0.3, 0.4) is 0 Å². The zero-order valence-corrected chi connectivity index (χ0v) is 10.00. The average molecular weight is 205 g/mol. The molecule has 1 aromatic rings. The third-order valence-corrected chi connectivity index (χ3v) is 2.99. The lowest BCUT2D eigenvalue weighted by atomic mass is 9.93. The normalized spacial score (nSPS) is 12.7. The summed E-state index contributed by atoms with van der Waals surface area (Å²) < 4.78 is 0. The Hall–Kier alpha value is -0.820. The van der Waals surface area contributed by atoms with Crippen molar-refractivity contribution in [3.8, 4) is 0 Å². The largest absolute Gasteiger partial charge is 0.330 e. The molecule has 0 saturated heterocycles. The standard InChI is InChI=1S/C14H23N/c1-3-4-5-6-14(11-15)13-9-7-12(2)8-10-13/h7-10,14H,3-6,11,15H2,1-2H3. The van der Waals surface area contributed by atoms with E-state index in [0.29, 0.717) is 5.92 Å². The van der Waals surface area contributed by atoms with Crippen molar-refractivity contribution in [2.45, 2.75) is 45.4 Å². The molecule has 0 aromatic heterocycles. The molecule has 0 bridgehead atoms. The van der Waals surface area contributed by atoms with Crippen molar-refractivity contribution in [1.82, 2.24) is 0 Å². The van der Waals surface area contributed by atoms with Crippen LogP contribution in [-0.4, -0.2) is 6.54 Å². The molecular weight excluding hydrogens is 182 g/mol. The summed E-state index contributed by atoms with van der Waals surface area (Å²) in [5.74, 6) is 0.553. The molecule has 84 valence electrons. The minimum atomic E-state index is 0.553. The Bertz CT molecular complexity index is 263. The fourth-order valence-electron chi connectivity index (χ4n) is 1.90. The second-order valence-electron chi connectivity index (χ2n) is 4.34. The number of benzene rings is 1. The summed E-state index contributed by atoms with van der Waals surface area (Å²) in [6, 6.07) is 8.80. The topological polar surface area (TPSA) is 26.0 Å². The first-order valence-corrected chi connectivity index (χ1v) is 6.04. The highest BCUT2D eigenvalue weighted by Gasteiger charge is 2.08. The summed E-state index contributed by atoms with van der Waals surface area (Å²) in [4.78, 5) is 0. The summed E-state index contributed by atoms with van der Waals surface area (Å²) >= 11 is 0. The highest BCUT2D eigenvalue weighted by molar-refractivity contribution is 5.24. The fourth-order valence-corrected chi connectivity index (χ4v) is 1.90. The van der Waals surface area contributed by atoms with E-state index in [-0.39, 0.29) is 0 Å². The Kier molecular flexibility index (Phi) is 5.41. The highest BCUT2D eigenvalue weighted by atomic mass is 14.5. The molecule has 1 rings (SSSR count). The lowest BCUT2D eigenvalue weighted by molar-refractivity contribution is 0.572. The van der Waals surface area contributed by atoms with E-state index < -0.39 is 0 Å². The third-order valence-electron chi connectivity index (χ3n) is 2.99. The lowest BCUT2D eigenvalue weighted by Gasteiger charge is -2.15. The lowest BCUT2D eigenvalue weighted by Crippen LogP contribution is -2.12. The molecule has 0 aliphatic carbocycles. The second-order valence-corrected chi connectivity index (χ2v) is 4.34. The third kappa shape index (κ3) is 4.05. The van der Waals surface area contributed by atoms with Gasteiger partial charge in [0.15, 0.2) is 0 Å². The van der Waals surface area contributed by atoms with Crippen LogP contribution >= 0.6 is 0 Å². The van der Waals surface area contributed by atoms with Crippen molar-refractivity contribution in [2.75, 3.05) is 6.54 Å². The summed E-state index contributed by atoms with van der Waals surface area (Å²) in [5.41, 5.74) is 8.55. The fraction of sp³-hybridized carbons (Fsp3) is 0.571. The maximum absolute atomic E-state index is 5.83. The van der Waals surface area contributed by atoms with E-state index in [1.165, 1.54) is 36.8 Å². The molecule has 2 N–H and O–H groups in total. The van der Waals surface area contributed by atoms with Crippen LogP contribution in [0.15, 0.2) is 24.3 Å². The number of nitrogens with two attached hydrogens (primary N) is 1. The van der Waals surface area contributed by atoms with Crippen LogP contribution in [0, 0.1) is 6.92 Å². The molecule has 0 heterocycles. The molecule has 0 radical (unpaired) electrons. The Balaban J connectivity index is 2.53. The predicted molar refractivity (Wildman–Crippen MR) is 67.1 cm³/mol. The number of rotatable bonds is 6. The van der Waals surface area contributed by atoms with Crippen molar-refractivity contribution >= 4 is 0 Å². The van der Waals surface area contributed by atoms with Gasteiger partial charge in [-0.1, -0.05) is 56.0 Å². The molecule has 1 atom stereocenters. The molecular formula is C14H23N. The first-order valence-electron chi connectivity index (χ1n) is 6.04. The van der Waals surface area contributed by atoms with Gasteiger partial charge < -0.3 is 5.73 Å². The van der Waals surface area contributed by atoms with Gasteiger partial charge in [0, 0.05) is 0 Å². The van der Waals surface area contributed by atoms with Crippen LogP contribution in [0.2, 0.25) is 0 Å². The van der Waals surface area contributed by atoms with Gasteiger partial charge >= 0.3 is 0 Å². The van der Waals surface area contributed by atoms with Crippen LogP contribution < -0.4 is 5.73 Å². The molecule has 1 nitrogen and oxygen atoms in total. The van der Waals surface area contributed by atoms with Gasteiger partial charge in [-0.05, 0) is 31.4 Å². The Labute approximate surface area is 93.7 Å². The molecule has 0 fully saturated rings. The summed E-state index contributed by atoms with van der Waals surface area (Å²) in [6.07, 6.45) is 5.13. The quantitative estimate of drug-likeness (QED) is 0.705. The minimum absolute atomic E-state index is 0.553. The Morgan fingerprint density at radius 3 is 2.33 bits per heavy atom. The predicted octanol–water partition coefficient (Wildman–Crippen LogP) is 3.62. The van der Waals surface area contributed by atoms with Crippen molar-refractivity contribution in [3.05, 3.63) is 35.4 Å². The number of aryl methyl sites for hydroxylation is 1. The maximum Gasteiger partial charge on any atom is -0.000824 e. The van der Waals surface area contributed by atoms with Gasteiger partial charge in [-0.25, -0.2) is 0 Å². The number of hydrogen-bond acceptors (Lipinski definition) is 1. The molecule has 1 heteroatoms. The zero-order valence-electron chi connectivity index (χ0n) is 10.00. The van der Waals surface area contributed by atoms with Crippen molar-refractivity contribution in [3.63, 3.8) is 0 Å². The number of unbranched alkanes of at least 4 members (excludes halogenated alkanes) is 2. The number of hydrogen-bond donors (Lipinski definition) is 1. The molecule has 0 spiro atoms. The molecule has 0 saturated carbocycles. The maximum atomic E-state index is 5.83. The molecule has 1 unspecified atom stereocenters. The van der Waals surface area contributed by atoms with Gasteiger partial charge in [-0.2, -0.15) is 0 Å². The van der Waals surface area contributed by atoms with Gasteiger partial charge in [-0.15, -0.1) is 0 Å². The average Bonchev–Trinajstić information content (AvgIpc) is 2.26. The van der Waals surface area contributed by atoms with Gasteiger partial charge in [0.05, 0.1) is 0 Å². The summed E-state index contributed by atoms with van der Waals surface area (Å²) in [7, 11) is 0. The van der Waals surface area contributed by atoms with Gasteiger partial charge in [-0.3, -0.25) is 0 Å². The molecule has 1 aromatic carbocycles. The highest BCUT2D eigenvalue weighted by Crippen LogP contribution is 2.21. The van der Waals surface area contributed by atoms with Crippen LogP contribution in [0.1, 0.15) is 49.7 Å². The van der Waals surface area contributed by atoms with E-state index in [0.717, 1.165) is 6.54 Å². The first kappa shape index (κ1) is 12.3. The smallest absolute Gasteiger partial charge is 0.000824 e. The Morgan fingerprint density at radius 2 is 1.80 bits per heavy atom.